The minimum absolute atomic E-state index is 0.0320. The van der Waals surface area contributed by atoms with Gasteiger partial charge in [0.15, 0.2) is 0 Å². The van der Waals surface area contributed by atoms with E-state index in [1.165, 1.54) is 0 Å². The molecule has 0 radical (unpaired) electrons. The van der Waals surface area contributed by atoms with Gasteiger partial charge in [-0.3, -0.25) is 14.5 Å². The summed E-state index contributed by atoms with van der Waals surface area (Å²) in [5, 5.41) is 9.57. The molecular weight excluding hydrogens is 366 g/mol. The molecule has 160 valence electrons. The lowest BCUT2D eigenvalue weighted by atomic mass is 10.1. The van der Waals surface area contributed by atoms with Crippen LogP contribution in [0.15, 0.2) is 24.3 Å². The fourth-order valence-electron chi connectivity index (χ4n) is 4.58. The number of anilines is 1. The van der Waals surface area contributed by atoms with E-state index in [1.54, 1.807) is 6.92 Å². The first-order chi connectivity index (χ1) is 14.1. The molecule has 0 bridgehead atoms. The van der Waals surface area contributed by atoms with Gasteiger partial charge in [-0.15, -0.1) is 0 Å². The molecule has 1 fully saturated rings. The van der Waals surface area contributed by atoms with Crippen LogP contribution in [0.4, 0.5) is 5.69 Å². The summed E-state index contributed by atoms with van der Waals surface area (Å²) >= 11 is 0. The zero-order chi connectivity index (χ0) is 20.6. The van der Waals surface area contributed by atoms with Crippen LogP contribution in [0.1, 0.15) is 57.4 Å². The molecule has 1 N–H and O–H groups in total. The number of rotatable bonds is 3. The predicted molar refractivity (Wildman–Crippen MR) is 115 cm³/mol. The van der Waals surface area contributed by atoms with E-state index < -0.39 is 0 Å². The Balaban J connectivity index is 1.79. The highest BCUT2D eigenvalue weighted by atomic mass is 16.3. The van der Waals surface area contributed by atoms with Crippen molar-refractivity contribution in [1.29, 1.82) is 0 Å². The molecule has 1 aromatic rings. The molecule has 0 saturated carbocycles. The molecule has 29 heavy (non-hydrogen) atoms. The third kappa shape index (κ3) is 5.80. The fourth-order valence-corrected chi connectivity index (χ4v) is 4.58. The zero-order valence-electron chi connectivity index (χ0n) is 17.7. The number of para-hydroxylation sites is 1. The summed E-state index contributed by atoms with van der Waals surface area (Å²) < 4.78 is 0. The number of carbonyl (C=O) groups is 2. The number of amides is 2. The van der Waals surface area contributed by atoms with E-state index in [9.17, 15) is 14.7 Å². The van der Waals surface area contributed by atoms with E-state index in [4.69, 9.17) is 0 Å². The highest BCUT2D eigenvalue weighted by Gasteiger charge is 2.29. The maximum atomic E-state index is 13.0. The van der Waals surface area contributed by atoms with Crippen LogP contribution in [-0.2, 0) is 16.1 Å². The largest absolute Gasteiger partial charge is 0.394 e. The standard InChI is InChI=1S/C23H35N3O3/c1-19(28)25-14-8-4-2-3-7-13-24(16-20-10-5-6-12-22(20)25)17-23(29)26-15-9-11-21(26)18-27/h5-6,10,12,21,27H,2-4,7-9,11,13-18H2,1H3. The van der Waals surface area contributed by atoms with Gasteiger partial charge >= 0.3 is 0 Å². The Morgan fingerprint density at radius 3 is 2.48 bits per heavy atom. The van der Waals surface area contributed by atoms with Crippen molar-refractivity contribution >= 4 is 17.5 Å². The average molecular weight is 402 g/mol. The van der Waals surface area contributed by atoms with Crippen LogP contribution in [0.3, 0.4) is 0 Å². The lowest BCUT2D eigenvalue weighted by Gasteiger charge is -2.30. The van der Waals surface area contributed by atoms with Crippen molar-refractivity contribution in [2.45, 2.75) is 64.5 Å². The second-order valence-corrected chi connectivity index (χ2v) is 8.34. The molecular formula is C23H35N3O3. The number of benzene rings is 1. The van der Waals surface area contributed by atoms with Crippen molar-refractivity contribution in [3.8, 4) is 0 Å². The van der Waals surface area contributed by atoms with Gasteiger partial charge in [0.2, 0.25) is 11.8 Å². The van der Waals surface area contributed by atoms with Crippen molar-refractivity contribution in [3.63, 3.8) is 0 Å². The first kappa shape index (κ1) is 21.8. The minimum atomic E-state index is -0.0320. The number of hydrogen-bond acceptors (Lipinski definition) is 4. The number of hydrogen-bond donors (Lipinski definition) is 1. The first-order valence-corrected chi connectivity index (χ1v) is 11.1. The van der Waals surface area contributed by atoms with Crippen LogP contribution in [0, 0.1) is 0 Å². The van der Waals surface area contributed by atoms with Crippen LogP contribution < -0.4 is 4.90 Å². The number of fused-ring (bicyclic) bond motifs is 1. The van der Waals surface area contributed by atoms with Crippen LogP contribution in [0.2, 0.25) is 0 Å². The first-order valence-electron chi connectivity index (χ1n) is 11.1. The van der Waals surface area contributed by atoms with Crippen LogP contribution in [-0.4, -0.2) is 65.5 Å². The van der Waals surface area contributed by atoms with Crippen LogP contribution >= 0.6 is 0 Å². The molecule has 6 nitrogen and oxygen atoms in total. The van der Waals surface area contributed by atoms with E-state index in [1.807, 2.05) is 28.0 Å². The minimum Gasteiger partial charge on any atom is -0.394 e. The number of aliphatic hydroxyl groups is 1. The van der Waals surface area contributed by atoms with Gasteiger partial charge in [-0.25, -0.2) is 0 Å². The van der Waals surface area contributed by atoms with Gasteiger partial charge in [0.05, 0.1) is 19.2 Å². The average Bonchev–Trinajstić information content (AvgIpc) is 3.18. The maximum absolute atomic E-state index is 13.0. The van der Waals surface area contributed by atoms with Gasteiger partial charge in [-0.05, 0) is 43.9 Å². The summed E-state index contributed by atoms with van der Waals surface area (Å²) in [4.78, 5) is 31.2. The third-order valence-electron chi connectivity index (χ3n) is 6.18. The van der Waals surface area contributed by atoms with Crippen LogP contribution in [0.5, 0.6) is 0 Å². The summed E-state index contributed by atoms with van der Waals surface area (Å²) in [5.41, 5.74) is 2.06. The van der Waals surface area contributed by atoms with E-state index in [0.29, 0.717) is 13.1 Å². The SMILES string of the molecule is CC(=O)N1CCCCCCCN(CC(=O)N2CCCC2CO)Cc2ccccc21. The fraction of sp³-hybridized carbons (Fsp3) is 0.652. The van der Waals surface area contributed by atoms with Gasteiger partial charge in [0.1, 0.15) is 0 Å². The van der Waals surface area contributed by atoms with Gasteiger partial charge in [0, 0.05) is 32.2 Å². The summed E-state index contributed by atoms with van der Waals surface area (Å²) in [7, 11) is 0. The number of aliphatic hydroxyl groups excluding tert-OH is 1. The molecule has 2 amide bonds. The number of nitrogens with zero attached hydrogens (tertiary/aromatic N) is 3. The second kappa shape index (κ2) is 10.7. The number of carbonyl (C=O) groups excluding carboxylic acids is 2. The van der Waals surface area contributed by atoms with Crippen molar-refractivity contribution in [2.75, 3.05) is 37.7 Å². The highest BCUT2D eigenvalue weighted by molar-refractivity contribution is 5.92. The van der Waals surface area contributed by atoms with Crippen molar-refractivity contribution in [1.82, 2.24) is 9.80 Å². The summed E-state index contributed by atoms with van der Waals surface area (Å²) in [6, 6.07) is 8.04. The van der Waals surface area contributed by atoms with E-state index >= 15 is 0 Å². The van der Waals surface area contributed by atoms with E-state index in [2.05, 4.69) is 11.0 Å². The van der Waals surface area contributed by atoms with Crippen molar-refractivity contribution in [2.24, 2.45) is 0 Å². The normalized spacial score (nSPS) is 21.9. The molecule has 0 aromatic heterocycles. The Morgan fingerprint density at radius 1 is 1.00 bits per heavy atom. The molecule has 2 aliphatic rings. The van der Waals surface area contributed by atoms with Crippen molar-refractivity contribution < 1.29 is 14.7 Å². The summed E-state index contributed by atoms with van der Waals surface area (Å²) in [6.07, 6.45) is 7.38. The molecule has 1 atom stereocenters. The Morgan fingerprint density at radius 2 is 1.72 bits per heavy atom. The predicted octanol–water partition coefficient (Wildman–Crippen LogP) is 2.79. The monoisotopic (exact) mass is 401 g/mol. The molecule has 1 unspecified atom stereocenters. The van der Waals surface area contributed by atoms with Gasteiger partial charge < -0.3 is 14.9 Å². The molecule has 1 saturated heterocycles. The molecule has 0 aliphatic carbocycles. The summed E-state index contributed by atoms with van der Waals surface area (Å²) in [6.45, 7) is 5.06. The van der Waals surface area contributed by atoms with Gasteiger partial charge in [-0.1, -0.05) is 37.5 Å². The van der Waals surface area contributed by atoms with Crippen molar-refractivity contribution in [3.05, 3.63) is 29.8 Å². The quantitative estimate of drug-likeness (QED) is 0.846. The molecule has 3 rings (SSSR count). The Kier molecular flexibility index (Phi) is 8.07. The second-order valence-electron chi connectivity index (χ2n) is 8.34. The Labute approximate surface area is 174 Å². The third-order valence-corrected chi connectivity index (χ3v) is 6.18. The van der Waals surface area contributed by atoms with E-state index in [-0.39, 0.29) is 24.5 Å². The smallest absolute Gasteiger partial charge is 0.237 e. The molecule has 2 heterocycles. The van der Waals surface area contributed by atoms with Crippen LogP contribution in [0.25, 0.3) is 0 Å². The Hall–Kier alpha value is -1.92. The molecule has 0 spiro atoms. The lowest BCUT2D eigenvalue weighted by Crippen LogP contribution is -2.44. The summed E-state index contributed by atoms with van der Waals surface area (Å²) in [5.74, 6) is 0.175. The lowest BCUT2D eigenvalue weighted by molar-refractivity contribution is -0.134. The molecule has 6 heteroatoms. The van der Waals surface area contributed by atoms with E-state index in [0.717, 1.165) is 75.8 Å². The van der Waals surface area contributed by atoms with Gasteiger partial charge in [0.25, 0.3) is 0 Å². The Bertz CT molecular complexity index is 694. The molecule has 1 aromatic carbocycles. The highest BCUT2D eigenvalue weighted by Crippen LogP contribution is 2.25. The maximum Gasteiger partial charge on any atom is 0.237 e. The number of likely N-dealkylation sites (tertiary alicyclic amines) is 1. The molecule has 2 aliphatic heterocycles. The zero-order valence-corrected chi connectivity index (χ0v) is 17.7. The van der Waals surface area contributed by atoms with Gasteiger partial charge in [-0.2, -0.15) is 0 Å². The topological polar surface area (TPSA) is 64.1 Å².